The predicted molar refractivity (Wildman–Crippen MR) is 123 cm³/mol. The predicted octanol–water partition coefficient (Wildman–Crippen LogP) is 7.36. The number of para-hydroxylation sites is 1. The van der Waals surface area contributed by atoms with E-state index in [0.29, 0.717) is 5.03 Å². The number of aryl methyl sites for hydroxylation is 2. The molecule has 0 aliphatic carbocycles. The summed E-state index contributed by atoms with van der Waals surface area (Å²) in [7, 11) is 2.10. The van der Waals surface area contributed by atoms with Gasteiger partial charge < -0.3 is 9.64 Å². The number of nitrogens with zero attached hydrogens (tertiary/aromatic N) is 1. The fourth-order valence-electron chi connectivity index (χ4n) is 3.26. The number of ether oxygens (including phenoxy) is 1. The molecular weight excluding hydrogens is 366 g/mol. The number of benzene rings is 2. The normalized spacial score (nSPS) is 12.4. The molecule has 0 radical (unpaired) electrons. The third-order valence-corrected chi connectivity index (χ3v) is 5.36. The molecule has 3 heteroatoms. The first-order valence-corrected chi connectivity index (χ1v) is 10.00. The van der Waals surface area contributed by atoms with E-state index in [1.165, 1.54) is 23.0 Å². The Balaban J connectivity index is 2.44. The van der Waals surface area contributed by atoms with Gasteiger partial charge in [-0.15, -0.1) is 0 Å². The van der Waals surface area contributed by atoms with Crippen molar-refractivity contribution in [2.24, 2.45) is 0 Å². The molecule has 0 aliphatic rings. The summed E-state index contributed by atoms with van der Waals surface area (Å²) in [5.74, 6) is 0.745. The maximum atomic E-state index is 6.88. The van der Waals surface area contributed by atoms with E-state index in [-0.39, 0.29) is 0 Å². The van der Waals surface area contributed by atoms with Crippen molar-refractivity contribution in [3.8, 4) is 0 Å². The first-order chi connectivity index (χ1) is 13.4. The zero-order chi connectivity index (χ0) is 20.7. The molecule has 0 saturated heterocycles. The van der Waals surface area contributed by atoms with Gasteiger partial charge in [-0.3, -0.25) is 0 Å². The van der Waals surface area contributed by atoms with E-state index in [1.807, 2.05) is 25.1 Å². The molecule has 2 rings (SSSR count). The Morgan fingerprint density at radius 3 is 2.46 bits per heavy atom. The Morgan fingerprint density at radius 1 is 1.14 bits per heavy atom. The highest BCUT2D eigenvalue weighted by atomic mass is 35.5. The molecule has 0 aliphatic heterocycles. The SMILES string of the molecule is C=COC(=C\C)/C(CC)=C(\Cl)c1ccccc1N(C)Cc1ccc(C)c(C)c1. The van der Waals surface area contributed by atoms with Crippen LogP contribution in [-0.2, 0) is 11.3 Å². The van der Waals surface area contributed by atoms with Crippen molar-refractivity contribution in [1.29, 1.82) is 0 Å². The van der Waals surface area contributed by atoms with E-state index >= 15 is 0 Å². The molecule has 2 aromatic carbocycles. The molecule has 0 bridgehead atoms. The molecule has 0 heterocycles. The van der Waals surface area contributed by atoms with Crippen molar-refractivity contribution in [1.82, 2.24) is 0 Å². The Labute approximate surface area is 174 Å². The second kappa shape index (κ2) is 10.2. The van der Waals surface area contributed by atoms with E-state index in [1.54, 1.807) is 0 Å². The molecule has 0 aromatic heterocycles. The van der Waals surface area contributed by atoms with Crippen LogP contribution in [0.2, 0.25) is 0 Å². The van der Waals surface area contributed by atoms with Crippen molar-refractivity contribution in [3.05, 3.63) is 95.0 Å². The first kappa shape index (κ1) is 21.8. The largest absolute Gasteiger partial charge is 0.466 e. The van der Waals surface area contributed by atoms with Gasteiger partial charge in [0.25, 0.3) is 0 Å². The average Bonchev–Trinajstić information content (AvgIpc) is 2.70. The highest BCUT2D eigenvalue weighted by Gasteiger charge is 2.16. The molecule has 2 aromatic rings. The fraction of sp³-hybridized carbons (Fsp3) is 0.280. The van der Waals surface area contributed by atoms with E-state index < -0.39 is 0 Å². The van der Waals surface area contributed by atoms with E-state index in [4.69, 9.17) is 16.3 Å². The van der Waals surface area contributed by atoms with Gasteiger partial charge in [0.2, 0.25) is 0 Å². The van der Waals surface area contributed by atoms with Crippen molar-refractivity contribution in [2.75, 3.05) is 11.9 Å². The fourth-order valence-corrected chi connectivity index (χ4v) is 3.64. The summed E-state index contributed by atoms with van der Waals surface area (Å²) >= 11 is 6.88. The summed E-state index contributed by atoms with van der Waals surface area (Å²) in [6, 6.07) is 14.8. The second-order valence-corrected chi connectivity index (χ2v) is 7.25. The average molecular weight is 396 g/mol. The lowest BCUT2D eigenvalue weighted by molar-refractivity contribution is 0.360. The van der Waals surface area contributed by atoms with Gasteiger partial charge in [0.15, 0.2) is 0 Å². The lowest BCUT2D eigenvalue weighted by Crippen LogP contribution is -2.18. The third-order valence-electron chi connectivity index (χ3n) is 4.93. The lowest BCUT2D eigenvalue weighted by Gasteiger charge is -2.24. The number of anilines is 1. The van der Waals surface area contributed by atoms with Gasteiger partial charge in [-0.1, -0.05) is 61.5 Å². The number of hydrogen-bond acceptors (Lipinski definition) is 2. The standard InChI is InChI=1S/C25H30ClNO/c1-7-21(24(8-2)28-9-3)25(26)22-12-10-11-13-23(22)27(6)17-20-15-14-18(4)19(5)16-20/h8-16H,3,7,17H2,1-2,4-6H3/b24-8-,25-21-. The van der Waals surface area contributed by atoms with Crippen LogP contribution < -0.4 is 4.90 Å². The quantitative estimate of drug-likeness (QED) is 0.342. The number of allylic oxidation sites excluding steroid dienone is 2. The highest BCUT2D eigenvalue weighted by molar-refractivity contribution is 6.50. The van der Waals surface area contributed by atoms with Crippen LogP contribution in [0.25, 0.3) is 5.03 Å². The molecule has 0 spiro atoms. The van der Waals surface area contributed by atoms with Crippen LogP contribution in [-0.4, -0.2) is 7.05 Å². The number of rotatable bonds is 8. The van der Waals surface area contributed by atoms with Crippen LogP contribution in [0.1, 0.15) is 42.5 Å². The van der Waals surface area contributed by atoms with Gasteiger partial charge >= 0.3 is 0 Å². The van der Waals surface area contributed by atoms with Crippen LogP contribution in [0, 0.1) is 13.8 Å². The zero-order valence-electron chi connectivity index (χ0n) is 17.6. The molecule has 0 amide bonds. The Morgan fingerprint density at radius 2 is 1.86 bits per heavy atom. The first-order valence-electron chi connectivity index (χ1n) is 9.62. The minimum absolute atomic E-state index is 0.708. The minimum Gasteiger partial charge on any atom is -0.466 e. The van der Waals surface area contributed by atoms with Gasteiger partial charge in [-0.2, -0.15) is 0 Å². The van der Waals surface area contributed by atoms with Crippen molar-refractivity contribution in [2.45, 2.75) is 40.7 Å². The summed E-state index contributed by atoms with van der Waals surface area (Å²) in [5.41, 5.74) is 6.96. The third kappa shape index (κ3) is 5.08. The molecule has 0 saturated carbocycles. The minimum atomic E-state index is 0.708. The molecule has 148 valence electrons. The summed E-state index contributed by atoms with van der Waals surface area (Å²) in [6.45, 7) is 12.8. The molecule has 2 nitrogen and oxygen atoms in total. The Bertz CT molecular complexity index is 895. The summed E-state index contributed by atoms with van der Waals surface area (Å²) in [5, 5.41) is 0.708. The van der Waals surface area contributed by atoms with Gasteiger partial charge in [0.1, 0.15) is 5.76 Å². The summed E-state index contributed by atoms with van der Waals surface area (Å²) < 4.78 is 5.58. The molecular formula is C25H30ClNO. The number of hydrogen-bond donors (Lipinski definition) is 0. The van der Waals surface area contributed by atoms with Crippen molar-refractivity contribution in [3.63, 3.8) is 0 Å². The van der Waals surface area contributed by atoms with Crippen LogP contribution in [0.15, 0.2) is 72.7 Å². The van der Waals surface area contributed by atoms with Gasteiger partial charge in [0.05, 0.1) is 11.3 Å². The Kier molecular flexibility index (Phi) is 7.95. The summed E-state index contributed by atoms with van der Waals surface area (Å²) in [6.07, 6.45) is 4.12. The van der Waals surface area contributed by atoms with Crippen LogP contribution in [0.3, 0.4) is 0 Å². The van der Waals surface area contributed by atoms with E-state index in [0.717, 1.165) is 35.5 Å². The van der Waals surface area contributed by atoms with Crippen LogP contribution in [0.4, 0.5) is 5.69 Å². The van der Waals surface area contributed by atoms with Gasteiger partial charge in [0, 0.05) is 30.4 Å². The Hall–Kier alpha value is -2.45. The van der Waals surface area contributed by atoms with Gasteiger partial charge in [-0.05, 0) is 56.0 Å². The van der Waals surface area contributed by atoms with Crippen LogP contribution >= 0.6 is 11.6 Å². The maximum Gasteiger partial charge on any atom is 0.126 e. The molecule has 28 heavy (non-hydrogen) atoms. The maximum absolute atomic E-state index is 6.88. The molecule has 0 N–H and O–H groups in total. The van der Waals surface area contributed by atoms with Crippen molar-refractivity contribution < 1.29 is 4.74 Å². The van der Waals surface area contributed by atoms with Crippen LogP contribution in [0.5, 0.6) is 0 Å². The lowest BCUT2D eigenvalue weighted by atomic mass is 10.0. The topological polar surface area (TPSA) is 12.5 Å². The highest BCUT2D eigenvalue weighted by Crippen LogP contribution is 2.36. The molecule has 0 fully saturated rings. The van der Waals surface area contributed by atoms with E-state index in [2.05, 4.69) is 69.6 Å². The zero-order valence-corrected chi connectivity index (χ0v) is 18.3. The number of halogens is 1. The van der Waals surface area contributed by atoms with E-state index in [9.17, 15) is 0 Å². The smallest absolute Gasteiger partial charge is 0.126 e. The van der Waals surface area contributed by atoms with Gasteiger partial charge in [-0.25, -0.2) is 0 Å². The van der Waals surface area contributed by atoms with Crippen molar-refractivity contribution >= 4 is 22.3 Å². The summed E-state index contributed by atoms with van der Waals surface area (Å²) in [4.78, 5) is 2.23. The second-order valence-electron chi connectivity index (χ2n) is 6.88. The monoisotopic (exact) mass is 395 g/mol. The molecule has 0 atom stereocenters. The molecule has 0 unspecified atom stereocenters.